The van der Waals surface area contributed by atoms with Gasteiger partial charge in [0.1, 0.15) is 16.7 Å². The first kappa shape index (κ1) is 18.7. The summed E-state index contributed by atoms with van der Waals surface area (Å²) in [6, 6.07) is 14.8. The number of carbonyl (C=O) groups is 2. The third kappa shape index (κ3) is 3.74. The highest BCUT2D eigenvalue weighted by molar-refractivity contribution is 8.03. The Morgan fingerprint density at radius 3 is 2.56 bits per heavy atom. The second-order valence-electron chi connectivity index (χ2n) is 6.22. The second kappa shape index (κ2) is 7.68. The quantitative estimate of drug-likeness (QED) is 0.455. The molecule has 0 radical (unpaired) electrons. The second-order valence-corrected chi connectivity index (χ2v) is 7.25. The topological polar surface area (TPSA) is 70.4 Å². The summed E-state index contributed by atoms with van der Waals surface area (Å²) in [5.41, 5.74) is 3.35. The van der Waals surface area contributed by atoms with Crippen LogP contribution in [0.1, 0.15) is 21.5 Å². The van der Waals surface area contributed by atoms with Crippen molar-refractivity contribution < 1.29 is 14.3 Å². The summed E-state index contributed by atoms with van der Waals surface area (Å²) in [4.78, 5) is 27.5. The maximum atomic E-state index is 12.5. The highest BCUT2D eigenvalue weighted by atomic mass is 32.2. The highest BCUT2D eigenvalue weighted by Crippen LogP contribution is 2.46. The average Bonchev–Trinajstić information content (AvgIpc) is 2.99. The number of rotatable bonds is 4. The Kier molecular flexibility index (Phi) is 5.33. The molecule has 0 bridgehead atoms. The van der Waals surface area contributed by atoms with E-state index in [4.69, 9.17) is 4.74 Å². The zero-order valence-corrected chi connectivity index (χ0v) is 16.1. The summed E-state index contributed by atoms with van der Waals surface area (Å²) in [6.45, 7) is 3.39. The number of hydrogen-bond acceptors (Lipinski definition) is 6. The highest BCUT2D eigenvalue weighted by Gasteiger charge is 2.28. The lowest BCUT2D eigenvalue weighted by atomic mass is 10.1. The average molecular weight is 378 g/mol. The smallest absolute Gasteiger partial charge is 0.338 e. The Bertz CT molecular complexity index is 1000. The predicted octanol–water partition coefficient (Wildman–Crippen LogP) is 4.01. The third-order valence-electron chi connectivity index (χ3n) is 4.42. The fourth-order valence-electron chi connectivity index (χ4n) is 2.71. The first-order valence-electron chi connectivity index (χ1n) is 8.35. The van der Waals surface area contributed by atoms with Gasteiger partial charge in [0, 0.05) is 11.9 Å². The van der Waals surface area contributed by atoms with Crippen molar-refractivity contribution in [2.24, 2.45) is 0 Å². The molecule has 1 aliphatic heterocycles. The van der Waals surface area contributed by atoms with E-state index >= 15 is 0 Å². The molecule has 0 unspecified atom stereocenters. The fraction of sp³-hybridized carbons (Fsp3) is 0.190. The molecule has 1 aliphatic rings. The predicted molar refractivity (Wildman–Crippen MR) is 105 cm³/mol. The van der Waals surface area contributed by atoms with Crippen LogP contribution in [0.2, 0.25) is 0 Å². The summed E-state index contributed by atoms with van der Waals surface area (Å²) >= 11 is 1.36. The van der Waals surface area contributed by atoms with Gasteiger partial charge in [0.25, 0.3) is 0 Å². The van der Waals surface area contributed by atoms with Gasteiger partial charge in [-0.2, -0.15) is 5.26 Å². The van der Waals surface area contributed by atoms with E-state index in [-0.39, 0.29) is 5.57 Å². The SMILES string of the molecule is Cc1ccc(C(=O)OCC(=O)/C(C#N)=C2\Sc3ccccc3N2C)cc1C. The monoisotopic (exact) mass is 378 g/mol. The van der Waals surface area contributed by atoms with Crippen LogP contribution in [0, 0.1) is 25.2 Å². The Labute approximate surface area is 162 Å². The minimum absolute atomic E-state index is 0.00779. The van der Waals surface area contributed by atoms with Gasteiger partial charge in [0.15, 0.2) is 6.61 Å². The number of ether oxygens (including phenoxy) is 1. The zero-order chi connectivity index (χ0) is 19.6. The Balaban J connectivity index is 1.74. The number of para-hydroxylation sites is 1. The molecule has 3 rings (SSSR count). The Hall–Kier alpha value is -3.04. The van der Waals surface area contributed by atoms with Crippen molar-refractivity contribution in [3.8, 4) is 6.07 Å². The molecule has 2 aromatic carbocycles. The number of hydrogen-bond donors (Lipinski definition) is 0. The molecule has 0 atom stereocenters. The van der Waals surface area contributed by atoms with Gasteiger partial charge < -0.3 is 9.64 Å². The van der Waals surface area contributed by atoms with Crippen molar-refractivity contribution in [3.63, 3.8) is 0 Å². The van der Waals surface area contributed by atoms with Crippen LogP contribution in [0.5, 0.6) is 0 Å². The van der Waals surface area contributed by atoms with Gasteiger partial charge in [0.2, 0.25) is 5.78 Å². The molecule has 6 heteroatoms. The maximum absolute atomic E-state index is 12.5. The number of ketones is 1. The summed E-state index contributed by atoms with van der Waals surface area (Å²) in [5.74, 6) is -1.10. The fourth-order valence-corrected chi connectivity index (χ4v) is 3.87. The van der Waals surface area contributed by atoms with Crippen LogP contribution in [0.15, 0.2) is 58.0 Å². The van der Waals surface area contributed by atoms with Crippen LogP contribution in [-0.4, -0.2) is 25.4 Å². The Morgan fingerprint density at radius 1 is 1.15 bits per heavy atom. The summed E-state index contributed by atoms with van der Waals surface area (Å²) < 4.78 is 5.14. The summed E-state index contributed by atoms with van der Waals surface area (Å²) in [6.07, 6.45) is 0. The number of nitriles is 1. The van der Waals surface area contributed by atoms with Gasteiger partial charge in [-0.3, -0.25) is 4.79 Å². The van der Waals surface area contributed by atoms with Crippen LogP contribution in [0.4, 0.5) is 5.69 Å². The number of carbonyl (C=O) groups excluding carboxylic acids is 2. The summed E-state index contributed by atoms with van der Waals surface area (Å²) in [5, 5.41) is 10.0. The summed E-state index contributed by atoms with van der Waals surface area (Å²) in [7, 11) is 1.81. The Morgan fingerprint density at radius 2 is 1.89 bits per heavy atom. The van der Waals surface area contributed by atoms with Crippen molar-refractivity contribution in [3.05, 3.63) is 69.8 Å². The zero-order valence-electron chi connectivity index (χ0n) is 15.3. The molecule has 0 N–H and O–H groups in total. The first-order valence-corrected chi connectivity index (χ1v) is 9.16. The lowest BCUT2D eigenvalue weighted by molar-refractivity contribution is -0.118. The first-order chi connectivity index (χ1) is 12.9. The molecule has 0 spiro atoms. The van der Waals surface area contributed by atoms with Gasteiger partial charge in [-0.05, 0) is 49.2 Å². The van der Waals surface area contributed by atoms with Crippen LogP contribution in [-0.2, 0) is 9.53 Å². The van der Waals surface area contributed by atoms with Gasteiger partial charge >= 0.3 is 5.97 Å². The number of anilines is 1. The van der Waals surface area contributed by atoms with Gasteiger partial charge in [-0.1, -0.05) is 30.0 Å². The van der Waals surface area contributed by atoms with E-state index in [1.165, 1.54) is 11.8 Å². The number of benzene rings is 2. The molecule has 0 aliphatic carbocycles. The standard InChI is InChI=1S/C21H18N2O3S/c1-13-8-9-15(10-14(13)2)21(25)26-12-18(24)16(11-22)20-23(3)17-6-4-5-7-19(17)27-20/h4-10H,12H2,1-3H3/b20-16-. The van der Waals surface area contributed by atoms with E-state index in [2.05, 4.69) is 0 Å². The van der Waals surface area contributed by atoms with E-state index in [1.54, 1.807) is 19.2 Å². The number of nitrogens with zero attached hydrogens (tertiary/aromatic N) is 2. The van der Waals surface area contributed by atoms with E-state index in [1.807, 2.05) is 55.1 Å². The molecular formula is C21H18N2O3S. The van der Waals surface area contributed by atoms with Crippen molar-refractivity contribution in [1.29, 1.82) is 5.26 Å². The lowest BCUT2D eigenvalue weighted by Crippen LogP contribution is -2.20. The number of aryl methyl sites for hydroxylation is 2. The minimum atomic E-state index is -0.579. The number of esters is 1. The van der Waals surface area contributed by atoms with Crippen LogP contribution < -0.4 is 4.90 Å². The van der Waals surface area contributed by atoms with Gasteiger partial charge in [-0.15, -0.1) is 0 Å². The van der Waals surface area contributed by atoms with Crippen LogP contribution in [0.3, 0.4) is 0 Å². The molecule has 136 valence electrons. The van der Waals surface area contributed by atoms with E-state index in [0.717, 1.165) is 21.7 Å². The van der Waals surface area contributed by atoms with Crippen molar-refractivity contribution in [2.75, 3.05) is 18.6 Å². The normalized spacial score (nSPS) is 14.4. The number of Topliss-reactive ketones (excluding diaryl/α,β-unsaturated/α-hetero) is 1. The van der Waals surface area contributed by atoms with Gasteiger partial charge in [0.05, 0.1) is 11.3 Å². The third-order valence-corrected chi connectivity index (χ3v) is 5.66. The minimum Gasteiger partial charge on any atom is -0.454 e. The van der Waals surface area contributed by atoms with Crippen molar-refractivity contribution in [2.45, 2.75) is 18.7 Å². The molecule has 0 fully saturated rings. The van der Waals surface area contributed by atoms with E-state index in [0.29, 0.717) is 10.6 Å². The largest absolute Gasteiger partial charge is 0.454 e. The molecule has 0 saturated heterocycles. The van der Waals surface area contributed by atoms with Crippen molar-refractivity contribution in [1.82, 2.24) is 0 Å². The molecule has 5 nitrogen and oxygen atoms in total. The molecule has 2 aromatic rings. The van der Waals surface area contributed by atoms with Crippen molar-refractivity contribution >= 4 is 29.2 Å². The molecule has 0 amide bonds. The van der Waals surface area contributed by atoms with E-state index in [9.17, 15) is 14.9 Å². The molecule has 0 saturated carbocycles. The molecule has 27 heavy (non-hydrogen) atoms. The van der Waals surface area contributed by atoms with Crippen LogP contribution >= 0.6 is 11.8 Å². The van der Waals surface area contributed by atoms with Gasteiger partial charge in [-0.25, -0.2) is 4.79 Å². The number of thioether (sulfide) groups is 1. The molecular weight excluding hydrogens is 360 g/mol. The molecule has 1 heterocycles. The van der Waals surface area contributed by atoms with E-state index < -0.39 is 18.4 Å². The maximum Gasteiger partial charge on any atom is 0.338 e. The molecule has 0 aromatic heterocycles. The van der Waals surface area contributed by atoms with Crippen LogP contribution in [0.25, 0.3) is 0 Å². The lowest BCUT2D eigenvalue weighted by Gasteiger charge is -2.14. The number of fused-ring (bicyclic) bond motifs is 1.